The molecule has 1 aliphatic heterocycles. The molecule has 0 unspecified atom stereocenters. The van der Waals surface area contributed by atoms with E-state index in [1.165, 1.54) is 16.2 Å². The van der Waals surface area contributed by atoms with Crippen molar-refractivity contribution < 1.29 is 19.4 Å². The molecule has 0 radical (unpaired) electrons. The Hall–Kier alpha value is -2.67. The summed E-state index contributed by atoms with van der Waals surface area (Å²) in [5.74, 6) is -0.134. The van der Waals surface area contributed by atoms with Gasteiger partial charge in [-0.15, -0.1) is 11.3 Å². The third-order valence-corrected chi connectivity index (χ3v) is 6.01. The summed E-state index contributed by atoms with van der Waals surface area (Å²) in [5, 5.41) is 13.6. The quantitative estimate of drug-likeness (QED) is 0.571. The van der Waals surface area contributed by atoms with E-state index < -0.39 is 11.5 Å². The van der Waals surface area contributed by atoms with Crippen LogP contribution in [0.1, 0.15) is 21.7 Å². The van der Waals surface area contributed by atoms with Gasteiger partial charge in [0.05, 0.1) is 23.5 Å². The number of fused-ring (bicyclic) bond motifs is 1. The van der Waals surface area contributed by atoms with Crippen LogP contribution in [0, 0.1) is 0 Å². The van der Waals surface area contributed by atoms with Crippen LogP contribution in [0.25, 0.3) is 0 Å². The summed E-state index contributed by atoms with van der Waals surface area (Å²) in [6.07, 6.45) is -0.294. The van der Waals surface area contributed by atoms with E-state index in [0.29, 0.717) is 26.9 Å². The van der Waals surface area contributed by atoms with Crippen molar-refractivity contribution in [3.63, 3.8) is 0 Å². The summed E-state index contributed by atoms with van der Waals surface area (Å²) in [6, 6.07) is 17.4. The minimum absolute atomic E-state index is 0.233. The number of thiophene rings is 1. The van der Waals surface area contributed by atoms with E-state index in [9.17, 15) is 14.7 Å². The average Bonchev–Trinajstić information content (AvgIpc) is 3.33. The SMILES string of the molecule is O=C(C[C@@]1(O)C(=O)N(CCOc2ccc(Cl)cc2)c2ccccc21)c1cccs1. The Labute approximate surface area is 177 Å². The van der Waals surface area contributed by atoms with Crippen LogP contribution in [0.15, 0.2) is 66.0 Å². The second-order valence-corrected chi connectivity index (χ2v) is 8.10. The zero-order chi connectivity index (χ0) is 20.4. The first-order valence-corrected chi connectivity index (χ1v) is 10.3. The lowest BCUT2D eigenvalue weighted by atomic mass is 9.89. The fourth-order valence-electron chi connectivity index (χ4n) is 3.44. The van der Waals surface area contributed by atoms with Gasteiger partial charge in [0.15, 0.2) is 11.4 Å². The lowest BCUT2D eigenvalue weighted by molar-refractivity contribution is -0.135. The monoisotopic (exact) mass is 427 g/mol. The Bertz CT molecular complexity index is 1040. The molecule has 0 saturated carbocycles. The molecule has 1 atom stereocenters. The maximum absolute atomic E-state index is 13.1. The van der Waals surface area contributed by atoms with Gasteiger partial charge in [-0.05, 0) is 41.8 Å². The molecule has 2 heterocycles. The average molecular weight is 428 g/mol. The molecule has 0 bridgehead atoms. The van der Waals surface area contributed by atoms with Gasteiger partial charge in [0.25, 0.3) is 5.91 Å². The smallest absolute Gasteiger partial charge is 0.264 e. The van der Waals surface area contributed by atoms with Gasteiger partial charge in [0, 0.05) is 10.6 Å². The first-order chi connectivity index (χ1) is 14.0. The van der Waals surface area contributed by atoms with E-state index in [1.54, 1.807) is 66.0 Å². The van der Waals surface area contributed by atoms with Crippen LogP contribution in [0.5, 0.6) is 5.75 Å². The number of Topliss-reactive ketones (excluding diaryl/α,β-unsaturated/α-hetero) is 1. The van der Waals surface area contributed by atoms with Gasteiger partial charge in [-0.2, -0.15) is 0 Å². The minimum atomic E-state index is -1.88. The standard InChI is InChI=1S/C22H18ClNO4S/c23-15-7-9-16(10-8-15)28-12-11-24-18-5-2-1-4-17(18)22(27,21(24)26)14-19(25)20-6-3-13-29-20/h1-10,13,27H,11-12,14H2/t22-/m0/s1. The van der Waals surface area contributed by atoms with E-state index in [4.69, 9.17) is 16.3 Å². The van der Waals surface area contributed by atoms with Crippen molar-refractivity contribution in [1.29, 1.82) is 0 Å². The molecule has 4 rings (SSSR count). The van der Waals surface area contributed by atoms with E-state index in [1.807, 2.05) is 0 Å². The second kappa shape index (κ2) is 7.99. The van der Waals surface area contributed by atoms with Crippen molar-refractivity contribution in [1.82, 2.24) is 0 Å². The summed E-state index contributed by atoms with van der Waals surface area (Å²) in [5.41, 5.74) is -0.835. The van der Waals surface area contributed by atoms with Gasteiger partial charge in [-0.3, -0.25) is 9.59 Å². The molecule has 0 fully saturated rings. The van der Waals surface area contributed by atoms with Gasteiger partial charge in [-0.1, -0.05) is 35.9 Å². The van der Waals surface area contributed by atoms with Crippen LogP contribution >= 0.6 is 22.9 Å². The summed E-state index contributed by atoms with van der Waals surface area (Å²) >= 11 is 7.17. The van der Waals surface area contributed by atoms with E-state index in [0.717, 1.165) is 0 Å². The van der Waals surface area contributed by atoms with Gasteiger partial charge in [-0.25, -0.2) is 0 Å². The Morgan fingerprint density at radius 1 is 1.10 bits per heavy atom. The van der Waals surface area contributed by atoms with Gasteiger partial charge >= 0.3 is 0 Å². The molecule has 1 aliphatic rings. The number of rotatable bonds is 7. The van der Waals surface area contributed by atoms with Crippen molar-refractivity contribution >= 4 is 40.3 Å². The number of ketones is 1. The number of halogens is 1. The number of para-hydroxylation sites is 1. The van der Waals surface area contributed by atoms with Crippen LogP contribution in [-0.2, 0) is 10.4 Å². The molecule has 148 valence electrons. The van der Waals surface area contributed by atoms with Crippen LogP contribution in [0.3, 0.4) is 0 Å². The summed E-state index contributed by atoms with van der Waals surface area (Å²) < 4.78 is 5.70. The molecule has 0 aliphatic carbocycles. The zero-order valence-corrected chi connectivity index (χ0v) is 16.9. The first kappa shape index (κ1) is 19.6. The number of carbonyl (C=O) groups is 2. The molecule has 0 saturated heterocycles. The van der Waals surface area contributed by atoms with Crippen molar-refractivity contribution in [2.75, 3.05) is 18.1 Å². The minimum Gasteiger partial charge on any atom is -0.492 e. The van der Waals surface area contributed by atoms with Gasteiger partial charge < -0.3 is 14.7 Å². The Balaban J connectivity index is 1.52. The molecule has 1 aromatic heterocycles. The number of hydrogen-bond donors (Lipinski definition) is 1. The number of nitrogens with zero attached hydrogens (tertiary/aromatic N) is 1. The highest BCUT2D eigenvalue weighted by Crippen LogP contribution is 2.42. The van der Waals surface area contributed by atoms with Crippen LogP contribution in [-0.4, -0.2) is 29.9 Å². The maximum Gasteiger partial charge on any atom is 0.264 e. The highest BCUT2D eigenvalue weighted by atomic mass is 35.5. The number of benzene rings is 2. The van der Waals surface area contributed by atoms with Crippen molar-refractivity contribution in [3.05, 3.63) is 81.5 Å². The first-order valence-electron chi connectivity index (χ1n) is 9.08. The zero-order valence-electron chi connectivity index (χ0n) is 15.4. The lowest BCUT2D eigenvalue weighted by Crippen LogP contribution is -2.43. The molecule has 3 aromatic rings. The Kier molecular flexibility index (Phi) is 5.41. The van der Waals surface area contributed by atoms with E-state index >= 15 is 0 Å². The highest BCUT2D eigenvalue weighted by molar-refractivity contribution is 7.12. The number of amides is 1. The molecular weight excluding hydrogens is 410 g/mol. The Morgan fingerprint density at radius 3 is 2.59 bits per heavy atom. The van der Waals surface area contributed by atoms with Crippen LogP contribution < -0.4 is 9.64 Å². The Morgan fingerprint density at radius 2 is 1.86 bits per heavy atom. The van der Waals surface area contributed by atoms with Gasteiger partial charge in [0.1, 0.15) is 12.4 Å². The van der Waals surface area contributed by atoms with E-state index in [-0.39, 0.29) is 25.4 Å². The van der Waals surface area contributed by atoms with Crippen molar-refractivity contribution in [3.8, 4) is 5.75 Å². The second-order valence-electron chi connectivity index (χ2n) is 6.71. The molecular formula is C22H18ClNO4S. The van der Waals surface area contributed by atoms with Crippen molar-refractivity contribution in [2.45, 2.75) is 12.0 Å². The molecule has 29 heavy (non-hydrogen) atoms. The van der Waals surface area contributed by atoms with Crippen LogP contribution in [0.2, 0.25) is 5.02 Å². The fraction of sp³-hybridized carbons (Fsp3) is 0.182. The predicted octanol–water partition coefficient (Wildman–Crippen LogP) is 4.29. The molecule has 5 nitrogen and oxygen atoms in total. The number of aliphatic hydroxyl groups is 1. The molecule has 7 heteroatoms. The molecule has 1 amide bonds. The topological polar surface area (TPSA) is 66.8 Å². The normalized spacial score (nSPS) is 18.0. The summed E-state index contributed by atoms with van der Waals surface area (Å²) in [7, 11) is 0. The maximum atomic E-state index is 13.1. The largest absolute Gasteiger partial charge is 0.492 e. The molecule has 1 N–H and O–H groups in total. The van der Waals surface area contributed by atoms with Gasteiger partial charge in [0.2, 0.25) is 0 Å². The van der Waals surface area contributed by atoms with Crippen LogP contribution in [0.4, 0.5) is 5.69 Å². The van der Waals surface area contributed by atoms with E-state index in [2.05, 4.69) is 0 Å². The molecule has 2 aromatic carbocycles. The number of ether oxygens (including phenoxy) is 1. The van der Waals surface area contributed by atoms with Crippen molar-refractivity contribution in [2.24, 2.45) is 0 Å². The lowest BCUT2D eigenvalue weighted by Gasteiger charge is -2.22. The highest BCUT2D eigenvalue weighted by Gasteiger charge is 2.50. The summed E-state index contributed by atoms with van der Waals surface area (Å²) in [6.45, 7) is 0.477. The number of carbonyl (C=O) groups excluding carboxylic acids is 2. The molecule has 0 spiro atoms. The number of hydrogen-bond acceptors (Lipinski definition) is 5. The third kappa shape index (κ3) is 3.79. The summed E-state index contributed by atoms with van der Waals surface area (Å²) in [4.78, 5) is 27.7. The fourth-order valence-corrected chi connectivity index (χ4v) is 4.23. The predicted molar refractivity (Wildman–Crippen MR) is 113 cm³/mol. The number of anilines is 1. The third-order valence-electron chi connectivity index (χ3n) is 4.85.